The fraction of sp³-hybridized carbons (Fsp3) is 1.00. The van der Waals surface area contributed by atoms with Crippen molar-refractivity contribution in [1.29, 1.82) is 0 Å². The van der Waals surface area contributed by atoms with Crippen LogP contribution < -0.4 is 6.15 Å². The Balaban J connectivity index is -0.00000288. The lowest BCUT2D eigenvalue weighted by atomic mass is 10.1. The molecule has 168 valence electrons. The molecule has 0 spiro atoms. The maximum Gasteiger partial charge on any atom is -0.0326 e. The van der Waals surface area contributed by atoms with Crippen LogP contribution in [0.15, 0.2) is 0 Å². The van der Waals surface area contributed by atoms with Crippen molar-refractivity contribution in [3.05, 3.63) is 0 Å². The molecule has 0 radical (unpaired) electrons. The van der Waals surface area contributed by atoms with Crippen molar-refractivity contribution in [1.82, 2.24) is 6.15 Å². The van der Waals surface area contributed by atoms with Crippen LogP contribution in [0.1, 0.15) is 136 Å². The minimum absolute atomic E-state index is 0. The molecule has 0 rings (SSSR count). The molecule has 0 aliphatic rings. The summed E-state index contributed by atoms with van der Waals surface area (Å²) in [7, 11) is 0.366. The van der Waals surface area contributed by atoms with E-state index in [0.717, 1.165) is 0 Å². The maximum absolute atomic E-state index is 2.32. The monoisotopic (exact) mass is 423 g/mol. The van der Waals surface area contributed by atoms with E-state index in [4.69, 9.17) is 0 Å². The van der Waals surface area contributed by atoms with Gasteiger partial charge in [-0.2, -0.15) is 0 Å². The standard InChI is InChI=1S/C24H51P.ClH.H3N/c1-4-7-10-13-16-19-22-25(23-20-17-14-11-8-5-2)24-21-18-15-12-9-6-3;;/h4-24H2,1-3H3;1H;1H3. The fourth-order valence-electron chi connectivity index (χ4n) is 3.68. The summed E-state index contributed by atoms with van der Waals surface area (Å²) in [4.78, 5) is 0. The van der Waals surface area contributed by atoms with Gasteiger partial charge in [0.15, 0.2) is 0 Å². The highest BCUT2D eigenvalue weighted by Gasteiger charge is 2.07. The molecule has 0 fully saturated rings. The van der Waals surface area contributed by atoms with Gasteiger partial charge in [0.05, 0.1) is 0 Å². The second-order valence-electron chi connectivity index (χ2n) is 8.14. The van der Waals surface area contributed by atoms with Crippen LogP contribution in [0.4, 0.5) is 0 Å². The highest BCUT2D eigenvalue weighted by molar-refractivity contribution is 7.57. The number of halogens is 1. The molecule has 0 atom stereocenters. The third-order valence-corrected chi connectivity index (χ3v) is 8.33. The van der Waals surface area contributed by atoms with E-state index in [1.54, 1.807) is 18.5 Å². The van der Waals surface area contributed by atoms with Crippen molar-refractivity contribution in [2.24, 2.45) is 0 Å². The molecule has 0 unspecified atom stereocenters. The van der Waals surface area contributed by atoms with Crippen molar-refractivity contribution >= 4 is 20.3 Å². The van der Waals surface area contributed by atoms with Crippen molar-refractivity contribution in [2.45, 2.75) is 136 Å². The number of hydrogen-bond acceptors (Lipinski definition) is 1. The Kier molecular flexibility index (Phi) is 34.6. The Morgan fingerprint density at radius 1 is 0.370 bits per heavy atom. The van der Waals surface area contributed by atoms with E-state index in [9.17, 15) is 0 Å². The van der Waals surface area contributed by atoms with Crippen molar-refractivity contribution in [3.8, 4) is 0 Å². The second kappa shape index (κ2) is 28.9. The van der Waals surface area contributed by atoms with Gasteiger partial charge in [0.1, 0.15) is 0 Å². The summed E-state index contributed by atoms with van der Waals surface area (Å²) in [6.45, 7) is 6.96. The summed E-state index contributed by atoms with van der Waals surface area (Å²) in [5, 5.41) is 0. The molecule has 0 heterocycles. The summed E-state index contributed by atoms with van der Waals surface area (Å²) in [5.74, 6) is 0. The molecule has 0 saturated carbocycles. The van der Waals surface area contributed by atoms with Crippen molar-refractivity contribution in [2.75, 3.05) is 18.5 Å². The average molecular weight is 424 g/mol. The Bertz CT molecular complexity index is 200. The lowest BCUT2D eigenvalue weighted by Crippen LogP contribution is -1.97. The lowest BCUT2D eigenvalue weighted by Gasteiger charge is -2.18. The Morgan fingerprint density at radius 2 is 0.593 bits per heavy atom. The summed E-state index contributed by atoms with van der Waals surface area (Å²) in [6.07, 6.45) is 31.2. The van der Waals surface area contributed by atoms with Crippen LogP contribution in [0.5, 0.6) is 0 Å². The van der Waals surface area contributed by atoms with Gasteiger partial charge in [0.2, 0.25) is 0 Å². The average Bonchev–Trinajstić information content (AvgIpc) is 2.63. The molecule has 0 amide bonds. The molecule has 3 heteroatoms. The molecule has 27 heavy (non-hydrogen) atoms. The van der Waals surface area contributed by atoms with Gasteiger partial charge in [-0.3, -0.25) is 0 Å². The van der Waals surface area contributed by atoms with E-state index in [1.807, 2.05) is 0 Å². The van der Waals surface area contributed by atoms with E-state index in [2.05, 4.69) is 20.8 Å². The van der Waals surface area contributed by atoms with E-state index < -0.39 is 0 Å². The first-order valence-electron chi connectivity index (χ1n) is 12.1. The molecular weight excluding hydrogens is 369 g/mol. The van der Waals surface area contributed by atoms with Gasteiger partial charge in [-0.25, -0.2) is 0 Å². The molecular formula is C24H55ClNP. The van der Waals surface area contributed by atoms with Gasteiger partial charge in [-0.1, -0.05) is 117 Å². The predicted octanol–water partition coefficient (Wildman–Crippen LogP) is 10.1. The van der Waals surface area contributed by atoms with Crippen LogP contribution in [0.3, 0.4) is 0 Å². The summed E-state index contributed by atoms with van der Waals surface area (Å²) >= 11 is 0. The van der Waals surface area contributed by atoms with Crippen LogP contribution >= 0.6 is 20.3 Å². The summed E-state index contributed by atoms with van der Waals surface area (Å²) in [5.41, 5.74) is 0. The van der Waals surface area contributed by atoms with Gasteiger partial charge in [-0.05, 0) is 37.7 Å². The summed E-state index contributed by atoms with van der Waals surface area (Å²) < 4.78 is 0. The zero-order valence-electron chi connectivity index (χ0n) is 19.4. The molecule has 0 bridgehead atoms. The number of unbranched alkanes of at least 4 members (excludes halogenated alkanes) is 15. The molecule has 0 saturated heterocycles. The van der Waals surface area contributed by atoms with E-state index in [-0.39, 0.29) is 18.6 Å². The van der Waals surface area contributed by atoms with Crippen molar-refractivity contribution < 1.29 is 0 Å². The Labute approximate surface area is 181 Å². The first-order valence-corrected chi connectivity index (χ1v) is 14.0. The van der Waals surface area contributed by atoms with Crippen LogP contribution in [-0.4, -0.2) is 18.5 Å². The van der Waals surface area contributed by atoms with Crippen molar-refractivity contribution in [3.63, 3.8) is 0 Å². The first-order chi connectivity index (χ1) is 12.3. The van der Waals surface area contributed by atoms with E-state index in [0.29, 0.717) is 7.92 Å². The van der Waals surface area contributed by atoms with Gasteiger partial charge in [0, 0.05) is 0 Å². The van der Waals surface area contributed by atoms with Crippen LogP contribution in [0, 0.1) is 0 Å². The molecule has 0 aliphatic carbocycles. The van der Waals surface area contributed by atoms with Crippen LogP contribution in [0.2, 0.25) is 0 Å². The minimum Gasteiger partial charge on any atom is -0.344 e. The van der Waals surface area contributed by atoms with E-state index in [1.165, 1.54) is 116 Å². The van der Waals surface area contributed by atoms with Crippen LogP contribution in [0.25, 0.3) is 0 Å². The zero-order chi connectivity index (χ0) is 18.4. The topological polar surface area (TPSA) is 35.0 Å². The van der Waals surface area contributed by atoms with Gasteiger partial charge >= 0.3 is 0 Å². The maximum atomic E-state index is 2.32. The molecule has 1 nitrogen and oxygen atoms in total. The highest BCUT2D eigenvalue weighted by atomic mass is 35.5. The van der Waals surface area contributed by atoms with Gasteiger partial charge < -0.3 is 6.15 Å². The molecule has 3 N–H and O–H groups in total. The van der Waals surface area contributed by atoms with Gasteiger partial charge in [0.25, 0.3) is 0 Å². The van der Waals surface area contributed by atoms with Crippen LogP contribution in [-0.2, 0) is 0 Å². The molecule has 0 aromatic rings. The van der Waals surface area contributed by atoms with Gasteiger partial charge in [-0.15, -0.1) is 20.3 Å². The first kappa shape index (κ1) is 32.3. The lowest BCUT2D eigenvalue weighted by molar-refractivity contribution is 0.617. The zero-order valence-corrected chi connectivity index (χ0v) is 21.1. The normalized spacial score (nSPS) is 10.7. The summed E-state index contributed by atoms with van der Waals surface area (Å²) in [6, 6.07) is 0. The predicted molar refractivity (Wildman–Crippen MR) is 134 cm³/mol. The Morgan fingerprint density at radius 3 is 0.852 bits per heavy atom. The third kappa shape index (κ3) is 26.7. The number of hydrogen-bond donors (Lipinski definition) is 1. The highest BCUT2D eigenvalue weighted by Crippen LogP contribution is 2.39. The number of rotatable bonds is 21. The SMILES string of the molecule is CCCCCCCCP(CCCCCCCC)CCCCCCCC.Cl.N. The smallest absolute Gasteiger partial charge is 0.0326 e. The Hall–Kier alpha value is 0.680. The fourth-order valence-corrected chi connectivity index (χ4v) is 6.37. The second-order valence-corrected chi connectivity index (χ2v) is 10.8. The minimum atomic E-state index is 0. The largest absolute Gasteiger partial charge is 0.344 e. The third-order valence-electron chi connectivity index (χ3n) is 5.48. The van der Waals surface area contributed by atoms with E-state index >= 15 is 0 Å². The quantitative estimate of drug-likeness (QED) is 0.144. The molecule has 0 aliphatic heterocycles. The molecule has 0 aromatic heterocycles. The molecule has 0 aromatic carbocycles.